The Bertz CT molecular complexity index is 750. The molecule has 2 fully saturated rings. The summed E-state index contributed by atoms with van der Waals surface area (Å²) < 4.78 is 39.0. The van der Waals surface area contributed by atoms with Crippen LogP contribution in [0.1, 0.15) is 30.7 Å². The van der Waals surface area contributed by atoms with E-state index in [1.807, 2.05) is 4.90 Å². The molecule has 0 amide bonds. The van der Waals surface area contributed by atoms with Gasteiger partial charge < -0.3 is 4.90 Å². The van der Waals surface area contributed by atoms with E-state index in [-0.39, 0.29) is 18.0 Å². The molecule has 26 heavy (non-hydrogen) atoms. The van der Waals surface area contributed by atoms with Crippen molar-refractivity contribution in [3.8, 4) is 0 Å². The Kier molecular flexibility index (Phi) is 4.47. The van der Waals surface area contributed by atoms with Crippen LogP contribution in [0.5, 0.6) is 0 Å². The first-order chi connectivity index (χ1) is 12.5. The molecule has 2 aliphatic rings. The number of halogens is 3. The van der Waals surface area contributed by atoms with Crippen molar-refractivity contribution in [2.75, 3.05) is 18.0 Å². The van der Waals surface area contributed by atoms with Crippen LogP contribution in [0.25, 0.3) is 0 Å². The third-order valence-corrected chi connectivity index (χ3v) is 4.75. The van der Waals surface area contributed by atoms with E-state index in [0.29, 0.717) is 6.54 Å². The average Bonchev–Trinajstić information content (AvgIpc) is 3.35. The molecule has 1 aliphatic carbocycles. The molecule has 0 N–H and O–H groups in total. The van der Waals surface area contributed by atoms with E-state index in [1.54, 1.807) is 18.6 Å². The van der Waals surface area contributed by atoms with Crippen LogP contribution in [0.2, 0.25) is 0 Å². The first kappa shape index (κ1) is 17.1. The van der Waals surface area contributed by atoms with Crippen LogP contribution >= 0.6 is 0 Å². The molecule has 0 aromatic carbocycles. The summed E-state index contributed by atoms with van der Waals surface area (Å²) in [5.41, 5.74) is 0.00371. The monoisotopic (exact) mass is 364 g/mol. The van der Waals surface area contributed by atoms with Gasteiger partial charge in [-0.15, -0.1) is 0 Å². The Hall–Kier alpha value is -2.29. The summed E-state index contributed by atoms with van der Waals surface area (Å²) >= 11 is 0. The number of nitrogens with zero attached hydrogens (tertiary/aromatic N) is 6. The van der Waals surface area contributed by atoms with Gasteiger partial charge in [0.15, 0.2) is 0 Å². The quantitative estimate of drug-likeness (QED) is 0.813. The van der Waals surface area contributed by atoms with Gasteiger partial charge in [-0.05, 0) is 25.3 Å². The zero-order chi connectivity index (χ0) is 18.1. The van der Waals surface area contributed by atoms with E-state index in [2.05, 4.69) is 24.8 Å². The molecule has 9 heteroatoms. The van der Waals surface area contributed by atoms with Crippen LogP contribution < -0.4 is 4.90 Å². The van der Waals surface area contributed by atoms with Crippen LogP contribution in [0, 0.1) is 0 Å². The maximum Gasteiger partial charge on any atom is 0.433 e. The molecule has 138 valence electrons. The Morgan fingerprint density at radius 3 is 2.62 bits per heavy atom. The molecular formula is C17H19F3N6. The molecule has 0 spiro atoms. The van der Waals surface area contributed by atoms with E-state index in [9.17, 15) is 13.2 Å². The van der Waals surface area contributed by atoms with Crippen LogP contribution in [-0.2, 0) is 12.7 Å². The van der Waals surface area contributed by atoms with E-state index in [1.165, 1.54) is 6.20 Å². The maximum atomic E-state index is 13.0. The number of alkyl halides is 3. The highest BCUT2D eigenvalue weighted by molar-refractivity contribution is 5.37. The summed E-state index contributed by atoms with van der Waals surface area (Å²) in [4.78, 5) is 20.6. The minimum Gasteiger partial charge on any atom is -0.334 e. The number of anilines is 1. The molecule has 1 atom stereocenters. The molecule has 3 heterocycles. The van der Waals surface area contributed by atoms with Gasteiger partial charge in [-0.1, -0.05) is 0 Å². The van der Waals surface area contributed by atoms with E-state index in [0.717, 1.165) is 44.1 Å². The fourth-order valence-corrected chi connectivity index (χ4v) is 3.43. The molecule has 0 radical (unpaired) electrons. The van der Waals surface area contributed by atoms with E-state index in [4.69, 9.17) is 0 Å². The third kappa shape index (κ3) is 3.77. The van der Waals surface area contributed by atoms with Gasteiger partial charge >= 0.3 is 6.18 Å². The highest BCUT2D eigenvalue weighted by Crippen LogP contribution is 2.36. The van der Waals surface area contributed by atoms with Crippen molar-refractivity contribution in [3.63, 3.8) is 0 Å². The Morgan fingerprint density at radius 1 is 1.08 bits per heavy atom. The van der Waals surface area contributed by atoms with Gasteiger partial charge in [-0.25, -0.2) is 9.97 Å². The molecule has 1 saturated carbocycles. The topological polar surface area (TPSA) is 58.0 Å². The van der Waals surface area contributed by atoms with Crippen LogP contribution in [0.4, 0.5) is 19.1 Å². The van der Waals surface area contributed by atoms with Crippen LogP contribution in [0.15, 0.2) is 30.9 Å². The average molecular weight is 364 g/mol. The van der Waals surface area contributed by atoms with Crippen LogP contribution in [0.3, 0.4) is 0 Å². The summed E-state index contributed by atoms with van der Waals surface area (Å²) in [5.74, 6) is 0.189. The van der Waals surface area contributed by atoms with Crippen molar-refractivity contribution in [1.29, 1.82) is 0 Å². The number of hydrogen-bond acceptors (Lipinski definition) is 6. The molecule has 2 aromatic heterocycles. The number of aromatic nitrogens is 4. The zero-order valence-electron chi connectivity index (χ0n) is 14.1. The Labute approximate surface area is 149 Å². The first-order valence-electron chi connectivity index (χ1n) is 8.66. The number of rotatable bonds is 5. The van der Waals surface area contributed by atoms with Crippen LogP contribution in [-0.4, -0.2) is 50.0 Å². The first-order valence-corrected chi connectivity index (χ1v) is 8.66. The fourth-order valence-electron chi connectivity index (χ4n) is 3.43. The second-order valence-corrected chi connectivity index (χ2v) is 6.75. The highest BCUT2D eigenvalue weighted by Gasteiger charge is 2.40. The van der Waals surface area contributed by atoms with Gasteiger partial charge in [0.05, 0.1) is 5.69 Å². The fraction of sp³-hybridized carbons (Fsp3) is 0.529. The molecule has 0 bridgehead atoms. The number of likely N-dealkylation sites (tertiary alicyclic amines) is 1. The molecule has 4 rings (SSSR count). The Morgan fingerprint density at radius 2 is 1.92 bits per heavy atom. The van der Waals surface area contributed by atoms with Gasteiger partial charge in [-0.3, -0.25) is 14.9 Å². The van der Waals surface area contributed by atoms with Crippen molar-refractivity contribution >= 4 is 5.95 Å². The normalized spacial score (nSPS) is 21.1. The molecule has 2 aromatic rings. The predicted molar refractivity (Wildman–Crippen MR) is 88.2 cm³/mol. The molecule has 1 saturated heterocycles. The van der Waals surface area contributed by atoms with Crippen molar-refractivity contribution in [2.24, 2.45) is 0 Å². The van der Waals surface area contributed by atoms with Crippen molar-refractivity contribution in [3.05, 3.63) is 42.2 Å². The summed E-state index contributed by atoms with van der Waals surface area (Å²) in [6.07, 6.45) is 4.60. The maximum absolute atomic E-state index is 13.0. The predicted octanol–water partition coefficient (Wildman–Crippen LogP) is 2.53. The minimum absolute atomic E-state index is 0.114. The number of hydrogen-bond donors (Lipinski definition) is 0. The summed E-state index contributed by atoms with van der Waals surface area (Å²) in [6, 6.07) is 1.27. The lowest BCUT2D eigenvalue weighted by Crippen LogP contribution is -2.40. The molecular weight excluding hydrogens is 345 g/mol. The van der Waals surface area contributed by atoms with Gasteiger partial charge in [0.1, 0.15) is 5.69 Å². The van der Waals surface area contributed by atoms with Gasteiger partial charge in [0.2, 0.25) is 5.95 Å². The summed E-state index contributed by atoms with van der Waals surface area (Å²) in [7, 11) is 0. The van der Waals surface area contributed by atoms with E-state index < -0.39 is 11.9 Å². The molecule has 1 aliphatic heterocycles. The van der Waals surface area contributed by atoms with Crippen molar-refractivity contribution in [1.82, 2.24) is 24.8 Å². The zero-order valence-corrected chi connectivity index (χ0v) is 14.1. The van der Waals surface area contributed by atoms with Gasteiger partial charge in [0, 0.05) is 56.5 Å². The molecule has 1 unspecified atom stereocenters. The summed E-state index contributed by atoms with van der Waals surface area (Å²) in [6.45, 7) is 2.31. The molecule has 6 nitrogen and oxygen atoms in total. The summed E-state index contributed by atoms with van der Waals surface area (Å²) in [5, 5.41) is 0. The lowest BCUT2D eigenvalue weighted by Gasteiger charge is -2.29. The smallest absolute Gasteiger partial charge is 0.334 e. The third-order valence-electron chi connectivity index (χ3n) is 4.75. The van der Waals surface area contributed by atoms with Gasteiger partial charge in [-0.2, -0.15) is 13.2 Å². The van der Waals surface area contributed by atoms with Gasteiger partial charge in [0.25, 0.3) is 0 Å². The Balaban J connectivity index is 1.50. The SMILES string of the molecule is FC(F)(F)c1ccnc(N(C2CC2)C2CCN(Cc3cnccn3)C2)n1. The second kappa shape index (κ2) is 6.79. The van der Waals surface area contributed by atoms with Crippen molar-refractivity contribution in [2.45, 2.75) is 44.1 Å². The van der Waals surface area contributed by atoms with E-state index >= 15 is 0 Å². The highest BCUT2D eigenvalue weighted by atomic mass is 19.4. The lowest BCUT2D eigenvalue weighted by atomic mass is 10.2. The lowest BCUT2D eigenvalue weighted by molar-refractivity contribution is -0.141. The largest absolute Gasteiger partial charge is 0.433 e. The second-order valence-electron chi connectivity index (χ2n) is 6.75. The standard InChI is InChI=1S/C17H19F3N6/c18-17(19,20)15-3-5-23-16(24-15)26(13-1-2-13)14-4-8-25(11-14)10-12-9-21-6-7-22-12/h3,5-7,9,13-14H,1-2,4,8,10-11H2. The van der Waals surface area contributed by atoms with Crippen molar-refractivity contribution < 1.29 is 13.2 Å². The minimum atomic E-state index is -4.46.